The van der Waals surface area contributed by atoms with Gasteiger partial charge in [0, 0.05) is 31.0 Å². The van der Waals surface area contributed by atoms with Gasteiger partial charge in [0.25, 0.3) is 0 Å². The Hall–Kier alpha value is -1.62. The highest BCUT2D eigenvalue weighted by Gasteiger charge is 2.26. The maximum Gasteiger partial charge on any atom is 0.0925 e. The highest BCUT2D eigenvalue weighted by Crippen LogP contribution is 2.24. The van der Waals surface area contributed by atoms with Crippen LogP contribution in [0.5, 0.6) is 0 Å². The van der Waals surface area contributed by atoms with Gasteiger partial charge < -0.3 is 4.98 Å². The molecule has 102 valence electrons. The van der Waals surface area contributed by atoms with Gasteiger partial charge in [-0.2, -0.15) is 5.10 Å². The van der Waals surface area contributed by atoms with E-state index in [4.69, 9.17) is 0 Å². The van der Waals surface area contributed by atoms with E-state index in [0.717, 1.165) is 31.0 Å². The van der Waals surface area contributed by atoms with Crippen LogP contribution in [0.15, 0.2) is 12.4 Å². The molecule has 0 aliphatic carbocycles. The highest BCUT2D eigenvalue weighted by molar-refractivity contribution is 5.10. The summed E-state index contributed by atoms with van der Waals surface area (Å²) in [5.41, 5.74) is 4.71. The minimum Gasteiger partial charge on any atom is -0.348 e. The van der Waals surface area contributed by atoms with Crippen molar-refractivity contribution < 1.29 is 0 Å². The molecule has 19 heavy (non-hydrogen) atoms. The van der Waals surface area contributed by atoms with Gasteiger partial charge in [0.15, 0.2) is 0 Å². The molecule has 5 heteroatoms. The molecule has 1 aliphatic rings. The van der Waals surface area contributed by atoms with E-state index in [9.17, 15) is 0 Å². The van der Waals surface area contributed by atoms with Crippen LogP contribution in [0.3, 0.4) is 0 Å². The molecule has 3 heterocycles. The number of nitrogens with one attached hydrogen (secondary N) is 1. The summed E-state index contributed by atoms with van der Waals surface area (Å²) in [6.45, 7) is 9.40. The van der Waals surface area contributed by atoms with E-state index in [-0.39, 0.29) is 0 Å². The second-order valence-corrected chi connectivity index (χ2v) is 5.52. The molecule has 1 unspecified atom stereocenters. The first-order valence-electron chi connectivity index (χ1n) is 6.87. The average Bonchev–Trinajstić information content (AvgIpc) is 3.03. The number of imidazole rings is 1. The van der Waals surface area contributed by atoms with Gasteiger partial charge in [0.2, 0.25) is 0 Å². The Morgan fingerprint density at radius 2 is 2.21 bits per heavy atom. The number of aryl methyl sites for hydroxylation is 3. The Kier molecular flexibility index (Phi) is 3.14. The first-order valence-corrected chi connectivity index (χ1v) is 6.87. The molecule has 1 atom stereocenters. The van der Waals surface area contributed by atoms with E-state index in [1.165, 1.54) is 17.8 Å². The molecule has 1 N–H and O–H groups in total. The first kappa shape index (κ1) is 12.4. The smallest absolute Gasteiger partial charge is 0.0925 e. The fourth-order valence-corrected chi connectivity index (χ4v) is 2.93. The van der Waals surface area contributed by atoms with Crippen molar-refractivity contribution in [3.05, 3.63) is 35.2 Å². The number of hydrogen-bond acceptors (Lipinski definition) is 3. The van der Waals surface area contributed by atoms with Crippen LogP contribution in [-0.2, 0) is 6.54 Å². The van der Waals surface area contributed by atoms with Gasteiger partial charge in [0.1, 0.15) is 0 Å². The van der Waals surface area contributed by atoms with Gasteiger partial charge in [-0.25, -0.2) is 4.98 Å². The van der Waals surface area contributed by atoms with Crippen LogP contribution in [-0.4, -0.2) is 37.7 Å². The molecule has 1 fully saturated rings. The lowest BCUT2D eigenvalue weighted by Crippen LogP contribution is -2.22. The Balaban J connectivity index is 1.67. The van der Waals surface area contributed by atoms with E-state index < -0.39 is 0 Å². The lowest BCUT2D eigenvalue weighted by atomic mass is 10.2. The fraction of sp³-hybridized carbons (Fsp3) is 0.571. The standard InChI is InChI=1S/C14H21N5/c1-10-6-11(2)19(17-10)13-4-5-18(7-13)8-14-12(3)15-9-16-14/h6,9,13H,4-5,7-8H2,1-3H3,(H,15,16). The molecular weight excluding hydrogens is 238 g/mol. The Bertz CT molecular complexity index is 568. The number of aromatic amines is 1. The van der Waals surface area contributed by atoms with Crippen molar-refractivity contribution in [2.24, 2.45) is 0 Å². The maximum atomic E-state index is 4.61. The van der Waals surface area contributed by atoms with Crippen molar-refractivity contribution in [1.82, 2.24) is 24.6 Å². The van der Waals surface area contributed by atoms with Crippen LogP contribution in [0.1, 0.15) is 35.2 Å². The number of aromatic nitrogens is 4. The number of hydrogen-bond donors (Lipinski definition) is 1. The molecular formula is C14H21N5. The topological polar surface area (TPSA) is 49.7 Å². The summed E-state index contributed by atoms with van der Waals surface area (Å²) >= 11 is 0. The normalized spacial score (nSPS) is 20.3. The summed E-state index contributed by atoms with van der Waals surface area (Å²) in [6.07, 6.45) is 2.95. The van der Waals surface area contributed by atoms with Crippen LogP contribution in [0.4, 0.5) is 0 Å². The van der Waals surface area contributed by atoms with E-state index >= 15 is 0 Å². The summed E-state index contributed by atoms with van der Waals surface area (Å²) in [5.74, 6) is 0. The van der Waals surface area contributed by atoms with Crippen molar-refractivity contribution in [2.75, 3.05) is 13.1 Å². The first-order chi connectivity index (χ1) is 9.13. The molecule has 1 aliphatic heterocycles. The predicted molar refractivity (Wildman–Crippen MR) is 74.0 cm³/mol. The largest absolute Gasteiger partial charge is 0.348 e. The number of rotatable bonds is 3. The SMILES string of the molecule is Cc1cc(C)n(C2CCN(Cc3nc[nH]c3C)C2)n1. The molecule has 2 aromatic rings. The Morgan fingerprint density at radius 3 is 2.84 bits per heavy atom. The van der Waals surface area contributed by atoms with Crippen LogP contribution >= 0.6 is 0 Å². The molecule has 0 amide bonds. The van der Waals surface area contributed by atoms with Crippen LogP contribution in [0.2, 0.25) is 0 Å². The summed E-state index contributed by atoms with van der Waals surface area (Å²) in [5, 5.41) is 4.61. The second kappa shape index (κ2) is 4.81. The number of nitrogens with zero attached hydrogens (tertiary/aromatic N) is 4. The summed E-state index contributed by atoms with van der Waals surface area (Å²) in [6, 6.07) is 2.66. The van der Waals surface area contributed by atoms with Crippen LogP contribution in [0.25, 0.3) is 0 Å². The predicted octanol–water partition coefficient (Wildman–Crippen LogP) is 1.98. The minimum absolute atomic E-state index is 0.507. The monoisotopic (exact) mass is 259 g/mol. The van der Waals surface area contributed by atoms with Gasteiger partial charge in [-0.3, -0.25) is 9.58 Å². The molecule has 5 nitrogen and oxygen atoms in total. The van der Waals surface area contributed by atoms with Gasteiger partial charge in [-0.05, 0) is 33.3 Å². The molecule has 2 aromatic heterocycles. The zero-order valence-corrected chi connectivity index (χ0v) is 11.8. The fourth-order valence-electron chi connectivity index (χ4n) is 2.93. The van der Waals surface area contributed by atoms with Crippen LogP contribution < -0.4 is 0 Å². The van der Waals surface area contributed by atoms with E-state index in [1.807, 2.05) is 0 Å². The van der Waals surface area contributed by atoms with Gasteiger partial charge in [0.05, 0.1) is 23.8 Å². The zero-order chi connectivity index (χ0) is 13.4. The molecule has 0 spiro atoms. The third-order valence-electron chi connectivity index (χ3n) is 3.95. The van der Waals surface area contributed by atoms with Crippen molar-refractivity contribution in [3.8, 4) is 0 Å². The van der Waals surface area contributed by atoms with E-state index in [2.05, 4.69) is 51.5 Å². The zero-order valence-electron chi connectivity index (χ0n) is 11.8. The summed E-state index contributed by atoms with van der Waals surface area (Å²) in [7, 11) is 0. The number of H-pyrrole nitrogens is 1. The summed E-state index contributed by atoms with van der Waals surface area (Å²) < 4.78 is 2.19. The molecule has 0 radical (unpaired) electrons. The average molecular weight is 259 g/mol. The van der Waals surface area contributed by atoms with Crippen molar-refractivity contribution in [1.29, 1.82) is 0 Å². The third-order valence-corrected chi connectivity index (χ3v) is 3.95. The Morgan fingerprint density at radius 1 is 1.37 bits per heavy atom. The quantitative estimate of drug-likeness (QED) is 0.917. The van der Waals surface area contributed by atoms with Crippen molar-refractivity contribution in [2.45, 2.75) is 39.8 Å². The van der Waals surface area contributed by atoms with Gasteiger partial charge in [-0.15, -0.1) is 0 Å². The van der Waals surface area contributed by atoms with Crippen molar-refractivity contribution >= 4 is 0 Å². The molecule has 1 saturated heterocycles. The van der Waals surface area contributed by atoms with Gasteiger partial charge in [-0.1, -0.05) is 0 Å². The van der Waals surface area contributed by atoms with E-state index in [0.29, 0.717) is 6.04 Å². The lowest BCUT2D eigenvalue weighted by molar-refractivity contribution is 0.307. The third kappa shape index (κ3) is 2.42. The molecule has 0 aromatic carbocycles. The molecule has 0 bridgehead atoms. The molecule has 3 rings (SSSR count). The molecule has 0 saturated carbocycles. The lowest BCUT2D eigenvalue weighted by Gasteiger charge is -2.16. The Labute approximate surface area is 113 Å². The maximum absolute atomic E-state index is 4.61. The van der Waals surface area contributed by atoms with Crippen molar-refractivity contribution in [3.63, 3.8) is 0 Å². The number of likely N-dealkylation sites (tertiary alicyclic amines) is 1. The van der Waals surface area contributed by atoms with E-state index in [1.54, 1.807) is 6.33 Å². The highest BCUT2D eigenvalue weighted by atomic mass is 15.3. The minimum atomic E-state index is 0.507. The summed E-state index contributed by atoms with van der Waals surface area (Å²) in [4.78, 5) is 9.98. The van der Waals surface area contributed by atoms with Gasteiger partial charge >= 0.3 is 0 Å². The van der Waals surface area contributed by atoms with Crippen LogP contribution in [0, 0.1) is 20.8 Å². The second-order valence-electron chi connectivity index (χ2n) is 5.52.